The fourth-order valence-corrected chi connectivity index (χ4v) is 1.75. The Balaban J connectivity index is 2.19. The lowest BCUT2D eigenvalue weighted by molar-refractivity contribution is 0.299. The average Bonchev–Trinajstić information content (AvgIpc) is 2.42. The van der Waals surface area contributed by atoms with Crippen LogP contribution >= 0.6 is 11.6 Å². The Hall–Kier alpha value is -1.85. The third kappa shape index (κ3) is 3.33. The van der Waals surface area contributed by atoms with Crippen molar-refractivity contribution in [1.82, 2.24) is 9.97 Å². The molecule has 5 nitrogen and oxygen atoms in total. The quantitative estimate of drug-likeness (QED) is 0.853. The highest BCUT2D eigenvalue weighted by Crippen LogP contribution is 2.33. The molecule has 0 saturated carbocycles. The van der Waals surface area contributed by atoms with E-state index in [4.69, 9.17) is 26.2 Å². The van der Waals surface area contributed by atoms with Crippen LogP contribution < -0.4 is 9.47 Å². The Labute approximate surface area is 115 Å². The number of ether oxygens (including phenoxy) is 2. The fraction of sp³-hybridized carbons (Fsp3) is 0.231. The van der Waals surface area contributed by atoms with E-state index in [2.05, 4.69) is 9.97 Å². The fourth-order valence-electron chi connectivity index (χ4n) is 1.55. The van der Waals surface area contributed by atoms with Gasteiger partial charge in [-0.1, -0.05) is 23.7 Å². The Morgan fingerprint density at radius 3 is 2.58 bits per heavy atom. The molecular weight excluding hydrogens is 268 g/mol. The van der Waals surface area contributed by atoms with E-state index in [9.17, 15) is 0 Å². The molecule has 0 aliphatic carbocycles. The van der Waals surface area contributed by atoms with Gasteiger partial charge in [0.15, 0.2) is 5.15 Å². The molecule has 0 bridgehead atoms. The molecule has 0 unspecified atom stereocenters. The number of benzene rings is 1. The molecule has 0 radical (unpaired) electrons. The van der Waals surface area contributed by atoms with Gasteiger partial charge in [0, 0.05) is 6.61 Å². The summed E-state index contributed by atoms with van der Waals surface area (Å²) in [5.74, 6) is 1.16. The van der Waals surface area contributed by atoms with Crippen LogP contribution in [0.3, 0.4) is 0 Å². The smallest absolute Gasteiger partial charge is 0.267 e. The largest absolute Gasteiger partial charge is 0.489 e. The first-order chi connectivity index (χ1) is 9.24. The van der Waals surface area contributed by atoms with Crippen LogP contribution in [0, 0.1) is 0 Å². The second kappa shape index (κ2) is 6.36. The highest BCUT2D eigenvalue weighted by atomic mass is 35.5. The summed E-state index contributed by atoms with van der Waals surface area (Å²) in [4.78, 5) is 7.79. The van der Waals surface area contributed by atoms with E-state index in [1.165, 1.54) is 13.4 Å². The summed E-state index contributed by atoms with van der Waals surface area (Å²) in [5.41, 5.74) is 1.03. The van der Waals surface area contributed by atoms with Gasteiger partial charge in [0.05, 0.1) is 7.11 Å². The molecule has 1 heterocycles. The van der Waals surface area contributed by atoms with Gasteiger partial charge < -0.3 is 14.6 Å². The first kappa shape index (κ1) is 13.6. The number of hydrogen-bond acceptors (Lipinski definition) is 5. The summed E-state index contributed by atoms with van der Waals surface area (Å²) in [5, 5.41) is 9.04. The standard InChI is InChI=1S/C13H13ClN2O3/c1-18-11-12(14)15-8-16-13(11)19-10-4-2-9(3-5-10)6-7-17/h2-5,8,17H,6-7H2,1H3. The van der Waals surface area contributed by atoms with Crippen LogP contribution in [0.15, 0.2) is 30.6 Å². The molecule has 0 amide bonds. The summed E-state index contributed by atoms with van der Waals surface area (Å²) in [6, 6.07) is 7.34. The van der Waals surface area contributed by atoms with Gasteiger partial charge in [0.2, 0.25) is 5.75 Å². The molecule has 0 spiro atoms. The van der Waals surface area contributed by atoms with Gasteiger partial charge in [-0.2, -0.15) is 4.98 Å². The van der Waals surface area contributed by atoms with Crippen LogP contribution in [0.25, 0.3) is 0 Å². The van der Waals surface area contributed by atoms with Gasteiger partial charge in [0.25, 0.3) is 5.88 Å². The molecule has 6 heteroatoms. The predicted molar refractivity (Wildman–Crippen MR) is 70.9 cm³/mol. The average molecular weight is 281 g/mol. The number of aliphatic hydroxyl groups is 1. The van der Waals surface area contributed by atoms with Crippen molar-refractivity contribution < 1.29 is 14.6 Å². The Morgan fingerprint density at radius 1 is 1.21 bits per heavy atom. The second-order valence-electron chi connectivity index (χ2n) is 3.72. The van der Waals surface area contributed by atoms with Gasteiger partial charge in [-0.3, -0.25) is 0 Å². The Bertz CT molecular complexity index is 546. The maximum atomic E-state index is 8.84. The summed E-state index contributed by atoms with van der Waals surface area (Å²) in [7, 11) is 1.47. The first-order valence-electron chi connectivity index (χ1n) is 5.66. The van der Waals surface area contributed by atoms with Crippen LogP contribution in [-0.4, -0.2) is 28.8 Å². The summed E-state index contributed by atoms with van der Waals surface area (Å²) in [6.45, 7) is 0.121. The van der Waals surface area contributed by atoms with Crippen LogP contribution in [0.1, 0.15) is 5.56 Å². The van der Waals surface area contributed by atoms with Crippen molar-refractivity contribution in [3.05, 3.63) is 41.3 Å². The topological polar surface area (TPSA) is 64.5 Å². The van der Waals surface area contributed by atoms with Crippen LogP contribution in [-0.2, 0) is 6.42 Å². The molecule has 0 fully saturated rings. The molecule has 0 aliphatic heterocycles. The number of aliphatic hydroxyl groups excluding tert-OH is 1. The molecule has 1 aromatic carbocycles. The van der Waals surface area contributed by atoms with E-state index >= 15 is 0 Å². The van der Waals surface area contributed by atoms with Crippen molar-refractivity contribution >= 4 is 11.6 Å². The van der Waals surface area contributed by atoms with Crippen molar-refractivity contribution in [3.63, 3.8) is 0 Å². The minimum absolute atomic E-state index is 0.121. The van der Waals surface area contributed by atoms with Crippen molar-refractivity contribution in [2.75, 3.05) is 13.7 Å². The molecule has 1 N–H and O–H groups in total. The van der Waals surface area contributed by atoms with E-state index in [0.29, 0.717) is 17.9 Å². The zero-order valence-electron chi connectivity index (χ0n) is 10.3. The van der Waals surface area contributed by atoms with E-state index in [-0.39, 0.29) is 17.6 Å². The molecule has 2 aromatic rings. The maximum absolute atomic E-state index is 8.84. The molecule has 0 saturated heterocycles. The van der Waals surface area contributed by atoms with Crippen LogP contribution in [0.2, 0.25) is 5.15 Å². The first-order valence-corrected chi connectivity index (χ1v) is 6.04. The monoisotopic (exact) mass is 280 g/mol. The van der Waals surface area contributed by atoms with E-state index in [0.717, 1.165) is 5.56 Å². The predicted octanol–water partition coefficient (Wildman–Crippen LogP) is 2.47. The summed E-state index contributed by atoms with van der Waals surface area (Å²) < 4.78 is 10.7. The van der Waals surface area contributed by atoms with E-state index < -0.39 is 0 Å². The van der Waals surface area contributed by atoms with Crippen LogP contribution in [0.4, 0.5) is 0 Å². The lowest BCUT2D eigenvalue weighted by Crippen LogP contribution is -1.96. The molecule has 100 valence electrons. The lowest BCUT2D eigenvalue weighted by Gasteiger charge is -2.09. The number of nitrogens with zero attached hydrogens (tertiary/aromatic N) is 2. The van der Waals surface area contributed by atoms with Crippen LogP contribution in [0.5, 0.6) is 17.4 Å². The highest BCUT2D eigenvalue weighted by Gasteiger charge is 2.12. The zero-order valence-corrected chi connectivity index (χ0v) is 11.1. The van der Waals surface area contributed by atoms with Gasteiger partial charge in [-0.25, -0.2) is 4.98 Å². The molecule has 0 aliphatic rings. The van der Waals surface area contributed by atoms with Crippen molar-refractivity contribution in [2.24, 2.45) is 0 Å². The Morgan fingerprint density at radius 2 is 1.95 bits per heavy atom. The van der Waals surface area contributed by atoms with Gasteiger partial charge in [0.1, 0.15) is 12.1 Å². The van der Waals surface area contributed by atoms with E-state index in [1.807, 2.05) is 12.1 Å². The summed E-state index contributed by atoms with van der Waals surface area (Å²) in [6.07, 6.45) is 1.92. The van der Waals surface area contributed by atoms with Gasteiger partial charge in [-0.05, 0) is 24.1 Å². The number of hydrogen-bond donors (Lipinski definition) is 1. The van der Waals surface area contributed by atoms with E-state index in [1.54, 1.807) is 12.1 Å². The number of methoxy groups -OCH3 is 1. The molecule has 1 aromatic heterocycles. The number of rotatable bonds is 5. The maximum Gasteiger partial charge on any atom is 0.267 e. The molecule has 19 heavy (non-hydrogen) atoms. The number of aromatic nitrogens is 2. The van der Waals surface area contributed by atoms with Crippen molar-refractivity contribution in [2.45, 2.75) is 6.42 Å². The third-order valence-electron chi connectivity index (χ3n) is 2.47. The minimum atomic E-state index is 0.121. The van der Waals surface area contributed by atoms with Gasteiger partial charge >= 0.3 is 0 Å². The number of halogens is 1. The minimum Gasteiger partial charge on any atom is -0.489 e. The Kier molecular flexibility index (Phi) is 4.54. The zero-order chi connectivity index (χ0) is 13.7. The third-order valence-corrected chi connectivity index (χ3v) is 2.74. The lowest BCUT2D eigenvalue weighted by atomic mass is 10.1. The molecule has 0 atom stereocenters. The van der Waals surface area contributed by atoms with Crippen molar-refractivity contribution in [1.29, 1.82) is 0 Å². The highest BCUT2D eigenvalue weighted by molar-refractivity contribution is 6.31. The molecular formula is C13H13ClN2O3. The normalized spacial score (nSPS) is 10.3. The summed E-state index contributed by atoms with van der Waals surface area (Å²) >= 11 is 5.88. The second-order valence-corrected chi connectivity index (χ2v) is 4.08. The SMILES string of the molecule is COc1c(Cl)ncnc1Oc1ccc(CCO)cc1. The molecule has 2 rings (SSSR count). The van der Waals surface area contributed by atoms with Crippen molar-refractivity contribution in [3.8, 4) is 17.4 Å². The van der Waals surface area contributed by atoms with Gasteiger partial charge in [-0.15, -0.1) is 0 Å².